The van der Waals surface area contributed by atoms with Gasteiger partial charge in [0.25, 0.3) is 0 Å². The van der Waals surface area contributed by atoms with E-state index < -0.39 is 12.7 Å². The number of alkyl halides is 3. The molecular formula is C17H34F3IN4O. The minimum Gasteiger partial charge on any atom is -0.381 e. The molecule has 1 atom stereocenters. The third kappa shape index (κ3) is 13.0. The monoisotopic (exact) mass is 494 g/mol. The average Bonchev–Trinajstić information content (AvgIpc) is 2.97. The number of ether oxygens (including phenoxy) is 1. The van der Waals surface area contributed by atoms with Crippen LogP contribution < -0.4 is 10.6 Å². The molecule has 0 spiro atoms. The number of halogens is 4. The highest BCUT2D eigenvalue weighted by atomic mass is 127. The van der Waals surface area contributed by atoms with Gasteiger partial charge in [-0.1, -0.05) is 13.3 Å². The molecule has 0 aromatic heterocycles. The van der Waals surface area contributed by atoms with Gasteiger partial charge in [-0.25, -0.2) is 0 Å². The zero-order valence-electron chi connectivity index (χ0n) is 15.9. The van der Waals surface area contributed by atoms with Crippen molar-refractivity contribution in [2.75, 3.05) is 52.5 Å². The van der Waals surface area contributed by atoms with E-state index in [1.807, 2.05) is 6.92 Å². The van der Waals surface area contributed by atoms with E-state index in [0.717, 1.165) is 57.9 Å². The molecule has 9 heteroatoms. The van der Waals surface area contributed by atoms with Gasteiger partial charge in [0.15, 0.2) is 5.96 Å². The summed E-state index contributed by atoms with van der Waals surface area (Å²) in [5.41, 5.74) is 0. The maximum absolute atomic E-state index is 12.4. The highest BCUT2D eigenvalue weighted by molar-refractivity contribution is 14.0. The average molecular weight is 494 g/mol. The lowest BCUT2D eigenvalue weighted by Gasteiger charge is -2.17. The molecule has 0 aromatic rings. The fraction of sp³-hybridized carbons (Fsp3) is 0.941. The predicted molar refractivity (Wildman–Crippen MR) is 110 cm³/mol. The van der Waals surface area contributed by atoms with Crippen LogP contribution in [0.15, 0.2) is 4.99 Å². The third-order valence-corrected chi connectivity index (χ3v) is 4.02. The van der Waals surface area contributed by atoms with Gasteiger partial charge in [-0.3, -0.25) is 9.89 Å². The molecule has 1 aliphatic heterocycles. The van der Waals surface area contributed by atoms with Crippen LogP contribution in [0, 0.1) is 5.92 Å². The zero-order chi connectivity index (χ0) is 18.5. The highest BCUT2D eigenvalue weighted by Crippen LogP contribution is 2.22. The van der Waals surface area contributed by atoms with Crippen LogP contribution in [0.5, 0.6) is 0 Å². The molecule has 1 aliphatic rings. The molecule has 1 heterocycles. The normalized spacial score (nSPS) is 18.7. The first-order valence-electron chi connectivity index (χ1n) is 9.33. The fourth-order valence-corrected chi connectivity index (χ4v) is 2.75. The molecule has 0 aromatic carbocycles. The Morgan fingerprint density at radius 3 is 2.58 bits per heavy atom. The number of hydrogen-bond acceptors (Lipinski definition) is 3. The molecule has 1 fully saturated rings. The van der Waals surface area contributed by atoms with E-state index in [4.69, 9.17) is 4.74 Å². The largest absolute Gasteiger partial charge is 0.401 e. The number of rotatable bonds is 11. The van der Waals surface area contributed by atoms with Crippen LogP contribution in [-0.2, 0) is 4.74 Å². The van der Waals surface area contributed by atoms with Gasteiger partial charge in [0.05, 0.1) is 6.54 Å². The number of nitrogens with zero attached hydrogens (tertiary/aromatic N) is 2. The lowest BCUT2D eigenvalue weighted by molar-refractivity contribution is -0.143. The molecular weight excluding hydrogens is 460 g/mol. The van der Waals surface area contributed by atoms with E-state index in [0.29, 0.717) is 19.6 Å². The number of aliphatic imine (C=N–C) groups is 1. The number of guanidine groups is 1. The van der Waals surface area contributed by atoms with E-state index >= 15 is 0 Å². The summed E-state index contributed by atoms with van der Waals surface area (Å²) in [7, 11) is 0. The molecule has 0 amide bonds. The maximum atomic E-state index is 12.4. The first-order chi connectivity index (χ1) is 11.9. The highest BCUT2D eigenvalue weighted by Gasteiger charge is 2.34. The number of hydrogen-bond donors (Lipinski definition) is 2. The minimum atomic E-state index is -4.12. The Morgan fingerprint density at radius 1 is 1.19 bits per heavy atom. The van der Waals surface area contributed by atoms with Gasteiger partial charge in [0.2, 0.25) is 0 Å². The minimum absolute atomic E-state index is 0. The zero-order valence-corrected chi connectivity index (χ0v) is 18.2. The van der Waals surface area contributed by atoms with Gasteiger partial charge in [-0.15, -0.1) is 24.0 Å². The number of nitrogens with one attached hydrogen (secondary N) is 2. The summed E-state index contributed by atoms with van der Waals surface area (Å²) in [5.74, 6) is 0.917. The Kier molecular flexibility index (Phi) is 14.6. The maximum Gasteiger partial charge on any atom is 0.401 e. The third-order valence-electron chi connectivity index (χ3n) is 4.02. The predicted octanol–water partition coefficient (Wildman–Crippen LogP) is 3.25. The van der Waals surface area contributed by atoms with Crippen LogP contribution in [0.1, 0.15) is 39.5 Å². The number of likely N-dealkylation sites (tertiary alicyclic amines) is 1. The van der Waals surface area contributed by atoms with Gasteiger partial charge in [-0.2, -0.15) is 13.2 Å². The van der Waals surface area contributed by atoms with Gasteiger partial charge >= 0.3 is 6.18 Å². The van der Waals surface area contributed by atoms with Gasteiger partial charge in [-0.05, 0) is 38.6 Å². The van der Waals surface area contributed by atoms with Crippen molar-refractivity contribution in [1.29, 1.82) is 0 Å². The van der Waals surface area contributed by atoms with Gasteiger partial charge in [0.1, 0.15) is 0 Å². The second kappa shape index (κ2) is 14.7. The first kappa shape index (κ1) is 25.7. The Morgan fingerprint density at radius 2 is 1.92 bits per heavy atom. The van der Waals surface area contributed by atoms with Crippen LogP contribution >= 0.6 is 24.0 Å². The summed E-state index contributed by atoms with van der Waals surface area (Å²) < 4.78 is 42.8. The Hall–Kier alpha value is -0.290. The molecule has 0 radical (unpaired) electrons. The molecule has 26 heavy (non-hydrogen) atoms. The van der Waals surface area contributed by atoms with Gasteiger partial charge < -0.3 is 15.4 Å². The Labute approximate surface area is 172 Å². The summed E-state index contributed by atoms with van der Waals surface area (Å²) in [6.45, 7) is 7.88. The SMILES string of the molecule is CCCCOCCCNC(=NCC1CCN(CC(F)(F)F)C1)NCC.I. The lowest BCUT2D eigenvalue weighted by atomic mass is 10.1. The molecule has 0 bridgehead atoms. The molecule has 1 saturated heterocycles. The summed E-state index contributed by atoms with van der Waals surface area (Å²) >= 11 is 0. The van der Waals surface area contributed by atoms with E-state index in [-0.39, 0.29) is 29.9 Å². The van der Waals surface area contributed by atoms with Crippen LogP contribution in [0.2, 0.25) is 0 Å². The summed E-state index contributed by atoms with van der Waals surface area (Å²) in [4.78, 5) is 5.99. The standard InChI is InChI=1S/C17H33F3N4O.HI/c1-3-5-10-25-11-6-8-22-16(21-4-2)23-12-15-7-9-24(13-15)14-17(18,19)20;/h15H,3-14H2,1-2H3,(H2,21,22,23);1H. The quantitative estimate of drug-likeness (QED) is 0.201. The van der Waals surface area contributed by atoms with Crippen molar-refractivity contribution in [3.05, 3.63) is 0 Å². The molecule has 5 nitrogen and oxygen atoms in total. The van der Waals surface area contributed by atoms with Crippen LogP contribution in [0.25, 0.3) is 0 Å². The van der Waals surface area contributed by atoms with Crippen molar-refractivity contribution in [3.63, 3.8) is 0 Å². The topological polar surface area (TPSA) is 48.9 Å². The van der Waals surface area contributed by atoms with Crippen molar-refractivity contribution in [2.45, 2.75) is 45.7 Å². The van der Waals surface area contributed by atoms with Crippen molar-refractivity contribution in [2.24, 2.45) is 10.9 Å². The van der Waals surface area contributed by atoms with Gasteiger partial charge in [0, 0.05) is 39.4 Å². The van der Waals surface area contributed by atoms with Crippen LogP contribution in [0.4, 0.5) is 13.2 Å². The first-order valence-corrected chi connectivity index (χ1v) is 9.33. The number of unbranched alkanes of at least 4 members (excludes halogenated alkanes) is 1. The Bertz CT molecular complexity index is 384. The molecule has 156 valence electrons. The summed E-state index contributed by atoms with van der Waals surface area (Å²) in [5, 5.41) is 6.42. The lowest BCUT2D eigenvalue weighted by Crippen LogP contribution is -2.38. The molecule has 0 saturated carbocycles. The summed E-state index contributed by atoms with van der Waals surface area (Å²) in [6, 6.07) is 0. The van der Waals surface area contributed by atoms with Crippen molar-refractivity contribution < 1.29 is 17.9 Å². The molecule has 2 N–H and O–H groups in total. The smallest absolute Gasteiger partial charge is 0.381 e. The fourth-order valence-electron chi connectivity index (χ4n) is 2.75. The van der Waals surface area contributed by atoms with E-state index in [9.17, 15) is 13.2 Å². The Balaban J connectivity index is 0.00000625. The van der Waals surface area contributed by atoms with E-state index in [2.05, 4.69) is 22.5 Å². The van der Waals surface area contributed by atoms with Crippen molar-refractivity contribution in [1.82, 2.24) is 15.5 Å². The second-order valence-electron chi connectivity index (χ2n) is 6.47. The van der Waals surface area contributed by atoms with Crippen LogP contribution in [-0.4, -0.2) is 69.5 Å². The summed E-state index contributed by atoms with van der Waals surface area (Å²) in [6.07, 6.45) is -0.226. The van der Waals surface area contributed by atoms with Crippen molar-refractivity contribution in [3.8, 4) is 0 Å². The van der Waals surface area contributed by atoms with E-state index in [1.165, 1.54) is 4.90 Å². The molecule has 0 aliphatic carbocycles. The molecule has 1 unspecified atom stereocenters. The van der Waals surface area contributed by atoms with Crippen LogP contribution in [0.3, 0.4) is 0 Å². The second-order valence-corrected chi connectivity index (χ2v) is 6.47. The molecule has 1 rings (SSSR count). The van der Waals surface area contributed by atoms with Crippen molar-refractivity contribution >= 4 is 29.9 Å². The van der Waals surface area contributed by atoms with E-state index in [1.54, 1.807) is 0 Å².